The Labute approximate surface area is 142 Å². The van der Waals surface area contributed by atoms with Gasteiger partial charge in [-0.25, -0.2) is 9.49 Å². The lowest BCUT2D eigenvalue weighted by molar-refractivity contribution is 0.519. The number of H-pyrrole nitrogens is 1. The fourth-order valence-corrected chi connectivity index (χ4v) is 3.00. The van der Waals surface area contributed by atoms with Crippen molar-refractivity contribution in [3.8, 4) is 6.07 Å². The van der Waals surface area contributed by atoms with Crippen LogP contribution in [0.2, 0.25) is 5.02 Å². The number of hydrogen-bond acceptors (Lipinski definition) is 5. The van der Waals surface area contributed by atoms with Crippen molar-refractivity contribution in [3.63, 3.8) is 0 Å². The molecule has 0 spiro atoms. The first kappa shape index (κ1) is 16.3. The number of nitrogens with zero attached hydrogens (tertiary/aromatic N) is 3. The number of benzene rings is 1. The summed E-state index contributed by atoms with van der Waals surface area (Å²) in [4.78, 5) is 13.4. The predicted molar refractivity (Wildman–Crippen MR) is 89.8 cm³/mol. The zero-order valence-electron chi connectivity index (χ0n) is 12.7. The van der Waals surface area contributed by atoms with E-state index in [9.17, 15) is 9.18 Å². The summed E-state index contributed by atoms with van der Waals surface area (Å²) >= 11 is 5.97. The van der Waals surface area contributed by atoms with Gasteiger partial charge in [-0.1, -0.05) is 11.6 Å². The van der Waals surface area contributed by atoms with Gasteiger partial charge >= 0.3 is 0 Å². The van der Waals surface area contributed by atoms with Gasteiger partial charge in [-0.3, -0.25) is 4.79 Å². The van der Waals surface area contributed by atoms with Gasteiger partial charge in [0.2, 0.25) is 0 Å². The molecule has 0 amide bonds. The van der Waals surface area contributed by atoms with Crippen molar-refractivity contribution in [2.24, 2.45) is 0 Å². The fraction of sp³-hybridized carbons (Fsp3) is 0.312. The van der Waals surface area contributed by atoms with Gasteiger partial charge in [0.15, 0.2) is 0 Å². The second-order valence-electron chi connectivity index (χ2n) is 5.63. The molecule has 3 rings (SSSR count). The van der Waals surface area contributed by atoms with Crippen LogP contribution in [0.15, 0.2) is 29.2 Å². The number of hydrogen-bond donors (Lipinski definition) is 2. The van der Waals surface area contributed by atoms with Crippen molar-refractivity contribution >= 4 is 23.0 Å². The molecule has 1 unspecified atom stereocenters. The molecule has 6 nitrogen and oxygen atoms in total. The highest BCUT2D eigenvalue weighted by Gasteiger charge is 2.23. The molecule has 2 N–H and O–H groups in total. The van der Waals surface area contributed by atoms with Crippen LogP contribution in [0.1, 0.15) is 18.4 Å². The fourth-order valence-electron chi connectivity index (χ4n) is 2.85. The van der Waals surface area contributed by atoms with Gasteiger partial charge in [0, 0.05) is 19.1 Å². The van der Waals surface area contributed by atoms with Crippen molar-refractivity contribution in [1.29, 1.82) is 5.26 Å². The highest BCUT2D eigenvalue weighted by atomic mass is 35.5. The summed E-state index contributed by atoms with van der Waals surface area (Å²) in [5, 5.41) is 18.1. The lowest BCUT2D eigenvalue weighted by Crippen LogP contribution is -2.42. The standard InChI is InChI=1S/C16H15ClFN5O/c17-15-13(8-20-22-16(15)24)21-11-2-1-5-23(9-11)14-4-3-10(7-19)6-12(14)18/h3-4,6,8,11H,1-2,5,9H2,(H2,21,22,24). The molecule has 1 aromatic carbocycles. The first-order valence-electron chi connectivity index (χ1n) is 7.53. The van der Waals surface area contributed by atoms with E-state index >= 15 is 0 Å². The summed E-state index contributed by atoms with van der Waals surface area (Å²) in [6.45, 7) is 1.29. The average molecular weight is 348 g/mol. The molecule has 0 saturated carbocycles. The Bertz CT molecular complexity index is 847. The predicted octanol–water partition coefficient (Wildman–Crippen LogP) is 2.51. The molecule has 1 atom stereocenters. The van der Waals surface area contributed by atoms with Crippen LogP contribution in [-0.4, -0.2) is 29.3 Å². The average Bonchev–Trinajstić information content (AvgIpc) is 2.59. The third-order valence-electron chi connectivity index (χ3n) is 3.99. The Balaban J connectivity index is 1.76. The zero-order valence-corrected chi connectivity index (χ0v) is 13.5. The summed E-state index contributed by atoms with van der Waals surface area (Å²) in [6, 6.07) is 6.40. The quantitative estimate of drug-likeness (QED) is 0.891. The SMILES string of the molecule is N#Cc1ccc(N2CCCC(Nc3cn[nH]c(=O)c3Cl)C2)c(F)c1. The summed E-state index contributed by atoms with van der Waals surface area (Å²) in [6.07, 6.45) is 3.20. The first-order chi connectivity index (χ1) is 11.6. The lowest BCUT2D eigenvalue weighted by Gasteiger charge is -2.35. The lowest BCUT2D eigenvalue weighted by atomic mass is 10.0. The number of halogens is 2. The minimum absolute atomic E-state index is 0.00916. The Morgan fingerprint density at radius 2 is 2.33 bits per heavy atom. The van der Waals surface area contributed by atoms with Gasteiger partial charge < -0.3 is 10.2 Å². The number of anilines is 2. The van der Waals surface area contributed by atoms with Crippen molar-refractivity contribution in [2.45, 2.75) is 18.9 Å². The Hall–Kier alpha value is -2.59. The molecule has 124 valence electrons. The van der Waals surface area contributed by atoms with E-state index in [1.807, 2.05) is 11.0 Å². The van der Waals surface area contributed by atoms with Gasteiger partial charge in [-0.05, 0) is 31.0 Å². The van der Waals surface area contributed by atoms with E-state index in [1.165, 1.54) is 12.3 Å². The molecule has 8 heteroatoms. The number of rotatable bonds is 3. The second-order valence-corrected chi connectivity index (χ2v) is 6.01. The largest absolute Gasteiger partial charge is 0.378 e. The maximum absolute atomic E-state index is 14.2. The monoisotopic (exact) mass is 347 g/mol. The minimum atomic E-state index is -0.451. The summed E-state index contributed by atoms with van der Waals surface area (Å²) in [5.74, 6) is -0.412. The topological polar surface area (TPSA) is 84.8 Å². The van der Waals surface area contributed by atoms with Gasteiger partial charge in [-0.15, -0.1) is 0 Å². The van der Waals surface area contributed by atoms with E-state index in [2.05, 4.69) is 15.5 Å². The van der Waals surface area contributed by atoms with Crippen LogP contribution < -0.4 is 15.8 Å². The van der Waals surface area contributed by atoms with E-state index in [0.717, 1.165) is 19.4 Å². The second kappa shape index (κ2) is 6.89. The van der Waals surface area contributed by atoms with E-state index in [4.69, 9.17) is 16.9 Å². The molecule has 1 aliphatic rings. The van der Waals surface area contributed by atoms with E-state index in [-0.39, 0.29) is 11.1 Å². The molecule has 0 radical (unpaired) electrons. The van der Waals surface area contributed by atoms with Crippen molar-refractivity contribution in [3.05, 3.63) is 51.2 Å². The van der Waals surface area contributed by atoms with Gasteiger partial charge in [0.25, 0.3) is 5.56 Å². The van der Waals surface area contributed by atoms with E-state index in [1.54, 1.807) is 12.1 Å². The molecule has 1 aromatic heterocycles. The first-order valence-corrected chi connectivity index (χ1v) is 7.90. The molecule has 0 bridgehead atoms. The molecule has 0 aliphatic carbocycles. The maximum atomic E-state index is 14.2. The highest BCUT2D eigenvalue weighted by molar-refractivity contribution is 6.32. The normalized spacial score (nSPS) is 17.4. The van der Waals surface area contributed by atoms with Gasteiger partial charge in [-0.2, -0.15) is 10.4 Å². The Morgan fingerprint density at radius 3 is 3.08 bits per heavy atom. The zero-order chi connectivity index (χ0) is 17.1. The molecule has 24 heavy (non-hydrogen) atoms. The Morgan fingerprint density at radius 1 is 1.50 bits per heavy atom. The highest BCUT2D eigenvalue weighted by Crippen LogP contribution is 2.26. The number of nitriles is 1. The third-order valence-corrected chi connectivity index (χ3v) is 4.37. The van der Waals surface area contributed by atoms with Crippen LogP contribution in [0.4, 0.5) is 15.8 Å². The minimum Gasteiger partial charge on any atom is -0.378 e. The van der Waals surface area contributed by atoms with Crippen LogP contribution in [0.25, 0.3) is 0 Å². The molecule has 2 heterocycles. The van der Waals surface area contributed by atoms with E-state index < -0.39 is 11.4 Å². The van der Waals surface area contributed by atoms with Crippen LogP contribution in [0.3, 0.4) is 0 Å². The van der Waals surface area contributed by atoms with Crippen molar-refractivity contribution in [1.82, 2.24) is 10.2 Å². The summed E-state index contributed by atoms with van der Waals surface area (Å²) in [5.41, 5.74) is 0.778. The van der Waals surface area contributed by atoms with Crippen LogP contribution >= 0.6 is 11.6 Å². The smallest absolute Gasteiger partial charge is 0.285 e. The summed E-state index contributed by atoms with van der Waals surface area (Å²) in [7, 11) is 0. The van der Waals surface area contributed by atoms with E-state index in [0.29, 0.717) is 23.5 Å². The number of piperidine rings is 1. The maximum Gasteiger partial charge on any atom is 0.285 e. The molecule has 1 aliphatic heterocycles. The number of nitrogens with one attached hydrogen (secondary N) is 2. The van der Waals surface area contributed by atoms with Crippen LogP contribution in [-0.2, 0) is 0 Å². The number of aromatic amines is 1. The number of aromatic nitrogens is 2. The van der Waals surface area contributed by atoms with Crippen LogP contribution in [0.5, 0.6) is 0 Å². The third kappa shape index (κ3) is 3.34. The van der Waals surface area contributed by atoms with Crippen LogP contribution in [0, 0.1) is 17.1 Å². The molecular weight excluding hydrogens is 333 g/mol. The van der Waals surface area contributed by atoms with Gasteiger partial charge in [0.05, 0.1) is 29.2 Å². The molecule has 1 saturated heterocycles. The Kier molecular flexibility index (Phi) is 4.67. The summed E-state index contributed by atoms with van der Waals surface area (Å²) < 4.78 is 14.2. The molecular formula is C16H15ClFN5O. The van der Waals surface area contributed by atoms with Crippen molar-refractivity contribution < 1.29 is 4.39 Å². The molecule has 2 aromatic rings. The molecule has 1 fully saturated rings. The van der Waals surface area contributed by atoms with Gasteiger partial charge in [0.1, 0.15) is 10.8 Å². The van der Waals surface area contributed by atoms with Crippen molar-refractivity contribution in [2.75, 3.05) is 23.3 Å².